The quantitative estimate of drug-likeness (QED) is 0.719. The minimum atomic E-state index is -0.771. The zero-order valence-corrected chi connectivity index (χ0v) is 8.70. The van der Waals surface area contributed by atoms with Gasteiger partial charge in [-0.2, -0.15) is 15.5 Å². The summed E-state index contributed by atoms with van der Waals surface area (Å²) in [6.07, 6.45) is 5.33. The summed E-state index contributed by atoms with van der Waals surface area (Å²) in [7, 11) is 0. The van der Waals surface area contributed by atoms with Gasteiger partial charge in [-0.05, 0) is 12.8 Å². The molecule has 0 radical (unpaired) electrons. The Morgan fingerprint density at radius 1 is 1.60 bits per heavy atom. The van der Waals surface area contributed by atoms with Gasteiger partial charge in [0.1, 0.15) is 11.7 Å². The van der Waals surface area contributed by atoms with Gasteiger partial charge in [-0.25, -0.2) is 0 Å². The summed E-state index contributed by atoms with van der Waals surface area (Å²) >= 11 is 6.12. The van der Waals surface area contributed by atoms with Gasteiger partial charge in [0.2, 0.25) is 0 Å². The first-order valence-electron chi connectivity index (χ1n) is 4.59. The third-order valence-corrected chi connectivity index (χ3v) is 2.72. The van der Waals surface area contributed by atoms with Gasteiger partial charge in [0.25, 0.3) is 0 Å². The van der Waals surface area contributed by atoms with Crippen LogP contribution in [-0.2, 0) is 0 Å². The molecular formula is C10H9ClN4. The first-order chi connectivity index (χ1) is 7.24. The number of hydrogen-bond donors (Lipinski definition) is 1. The van der Waals surface area contributed by atoms with Crippen LogP contribution in [0, 0.1) is 11.3 Å². The Labute approximate surface area is 91.7 Å². The van der Waals surface area contributed by atoms with Crippen molar-refractivity contribution in [1.29, 1.82) is 5.26 Å². The minimum absolute atomic E-state index is 0.468. The fourth-order valence-corrected chi connectivity index (χ4v) is 1.94. The summed E-state index contributed by atoms with van der Waals surface area (Å²) in [5, 5.41) is 18.9. The molecule has 1 unspecified atom stereocenters. The molecule has 0 bridgehead atoms. The van der Waals surface area contributed by atoms with Gasteiger partial charge in [-0.15, -0.1) is 0 Å². The molecule has 1 aliphatic carbocycles. The summed E-state index contributed by atoms with van der Waals surface area (Å²) in [4.78, 5) is 0. The molecule has 1 atom stereocenters. The molecule has 0 saturated carbocycles. The van der Waals surface area contributed by atoms with Gasteiger partial charge in [0.15, 0.2) is 0 Å². The fourth-order valence-electron chi connectivity index (χ4n) is 1.62. The van der Waals surface area contributed by atoms with E-state index in [-0.39, 0.29) is 0 Å². The van der Waals surface area contributed by atoms with Gasteiger partial charge < -0.3 is 5.73 Å². The van der Waals surface area contributed by atoms with E-state index >= 15 is 0 Å². The van der Waals surface area contributed by atoms with Crippen molar-refractivity contribution >= 4 is 22.7 Å². The van der Waals surface area contributed by atoms with Crippen molar-refractivity contribution in [2.75, 3.05) is 0 Å². The maximum atomic E-state index is 8.77. The van der Waals surface area contributed by atoms with Crippen molar-refractivity contribution in [1.82, 2.24) is 10.2 Å². The highest BCUT2D eigenvalue weighted by Gasteiger charge is 2.13. The van der Waals surface area contributed by atoms with E-state index in [0.29, 0.717) is 10.7 Å². The van der Waals surface area contributed by atoms with Crippen molar-refractivity contribution in [3.05, 3.63) is 22.3 Å². The summed E-state index contributed by atoms with van der Waals surface area (Å²) in [6.45, 7) is 0. The Kier molecular flexibility index (Phi) is 2.67. The monoisotopic (exact) mass is 220 g/mol. The number of fused-ring (bicyclic) bond motifs is 1. The topological polar surface area (TPSA) is 75.6 Å². The maximum Gasteiger partial charge on any atom is 0.138 e. The second-order valence-corrected chi connectivity index (χ2v) is 3.77. The predicted octanol–water partition coefficient (Wildman–Crippen LogP) is -0.0787. The van der Waals surface area contributed by atoms with E-state index in [9.17, 15) is 0 Å². The number of nitrogens with two attached hydrogens (primary N) is 1. The second-order valence-electron chi connectivity index (χ2n) is 3.31. The average Bonchev–Trinajstić information content (AvgIpc) is 2.28. The first-order valence-corrected chi connectivity index (χ1v) is 4.97. The molecule has 0 aromatic carbocycles. The summed E-state index contributed by atoms with van der Waals surface area (Å²) in [5.41, 5.74) is 6.10. The molecule has 15 heavy (non-hydrogen) atoms. The normalized spacial score (nSPS) is 16.2. The second kappa shape index (κ2) is 3.97. The lowest BCUT2D eigenvalue weighted by atomic mass is 10.1. The first kappa shape index (κ1) is 10.1. The number of hydrogen-bond acceptors (Lipinski definition) is 4. The zero-order chi connectivity index (χ0) is 10.8. The lowest BCUT2D eigenvalue weighted by Gasteiger charge is -2.08. The Morgan fingerprint density at radius 2 is 2.40 bits per heavy atom. The molecule has 4 nitrogen and oxygen atoms in total. The van der Waals surface area contributed by atoms with Crippen LogP contribution in [0.25, 0.3) is 11.1 Å². The Hall–Kier alpha value is -1.44. The average molecular weight is 221 g/mol. The molecule has 0 amide bonds. The van der Waals surface area contributed by atoms with E-state index in [4.69, 9.17) is 22.6 Å². The number of rotatable bonds is 1. The predicted molar refractivity (Wildman–Crippen MR) is 56.8 cm³/mol. The van der Waals surface area contributed by atoms with Crippen molar-refractivity contribution in [3.63, 3.8) is 0 Å². The number of aromatic nitrogens is 2. The van der Waals surface area contributed by atoms with E-state index in [1.54, 1.807) is 6.20 Å². The van der Waals surface area contributed by atoms with Crippen LogP contribution < -0.4 is 16.2 Å². The molecule has 5 heteroatoms. The van der Waals surface area contributed by atoms with Gasteiger partial charge in [-0.3, -0.25) is 0 Å². The molecule has 1 aromatic heterocycles. The molecule has 0 saturated heterocycles. The van der Waals surface area contributed by atoms with E-state index in [1.807, 2.05) is 12.1 Å². The van der Waals surface area contributed by atoms with E-state index < -0.39 is 6.04 Å². The molecule has 1 aromatic rings. The molecule has 0 spiro atoms. The van der Waals surface area contributed by atoms with Gasteiger partial charge in [-0.1, -0.05) is 17.7 Å². The Morgan fingerprint density at radius 3 is 3.13 bits per heavy atom. The van der Waals surface area contributed by atoms with Crippen LogP contribution in [0.5, 0.6) is 0 Å². The van der Waals surface area contributed by atoms with Gasteiger partial charge >= 0.3 is 0 Å². The number of halogens is 1. The van der Waals surface area contributed by atoms with Gasteiger partial charge in [0.05, 0.1) is 12.3 Å². The standard InChI is InChI=1S/C10H9ClN4/c11-7-3-1-2-6-5-14-15-10(9(6)7)8(13)4-12/h2,5,8H,1,3,13H2. The highest BCUT2D eigenvalue weighted by molar-refractivity contribution is 6.45. The molecule has 0 aliphatic heterocycles. The Bertz CT molecular complexity index is 544. The summed E-state index contributed by atoms with van der Waals surface area (Å²) < 4.78 is 0. The van der Waals surface area contributed by atoms with Crippen molar-refractivity contribution in [3.8, 4) is 6.07 Å². The lowest BCUT2D eigenvalue weighted by molar-refractivity contribution is 0.804. The van der Waals surface area contributed by atoms with Crippen LogP contribution in [0.15, 0.2) is 6.20 Å². The van der Waals surface area contributed by atoms with Crippen LogP contribution in [0.2, 0.25) is 0 Å². The molecule has 2 rings (SSSR count). The van der Waals surface area contributed by atoms with Gasteiger partial charge in [0, 0.05) is 15.5 Å². The molecule has 2 N–H and O–H groups in total. The highest BCUT2D eigenvalue weighted by atomic mass is 35.5. The van der Waals surface area contributed by atoms with E-state index in [0.717, 1.165) is 23.3 Å². The van der Waals surface area contributed by atoms with Crippen LogP contribution in [0.3, 0.4) is 0 Å². The van der Waals surface area contributed by atoms with Crippen LogP contribution in [-0.4, -0.2) is 10.2 Å². The van der Waals surface area contributed by atoms with E-state index in [1.165, 1.54) is 0 Å². The fraction of sp³-hybridized carbons (Fsp3) is 0.300. The van der Waals surface area contributed by atoms with E-state index in [2.05, 4.69) is 10.2 Å². The third kappa shape index (κ3) is 1.72. The number of nitrogens with zero attached hydrogens (tertiary/aromatic N) is 3. The Balaban J connectivity index is 2.81. The summed E-state index contributed by atoms with van der Waals surface area (Å²) in [6, 6.07) is 1.17. The maximum absolute atomic E-state index is 8.77. The summed E-state index contributed by atoms with van der Waals surface area (Å²) in [5.74, 6) is 0. The van der Waals surface area contributed by atoms with Crippen LogP contribution in [0.1, 0.15) is 24.6 Å². The number of nitriles is 1. The highest BCUT2D eigenvalue weighted by Crippen LogP contribution is 2.13. The smallest absolute Gasteiger partial charge is 0.138 e. The molecule has 0 fully saturated rings. The van der Waals surface area contributed by atoms with Crippen molar-refractivity contribution in [2.45, 2.75) is 18.9 Å². The molecule has 1 heterocycles. The third-order valence-electron chi connectivity index (χ3n) is 2.34. The SMILES string of the molecule is N#CC(N)c1nncc2c1=C(Cl)CCC=2. The molecular weight excluding hydrogens is 212 g/mol. The molecule has 1 aliphatic rings. The minimum Gasteiger partial charge on any atom is -0.311 e. The molecule has 76 valence electrons. The van der Waals surface area contributed by atoms with Crippen LogP contribution >= 0.6 is 11.6 Å². The van der Waals surface area contributed by atoms with Crippen LogP contribution in [0.4, 0.5) is 0 Å². The largest absolute Gasteiger partial charge is 0.311 e. The zero-order valence-electron chi connectivity index (χ0n) is 7.94. The van der Waals surface area contributed by atoms with Crippen molar-refractivity contribution in [2.24, 2.45) is 5.73 Å². The van der Waals surface area contributed by atoms with Crippen molar-refractivity contribution < 1.29 is 0 Å². The lowest BCUT2D eigenvalue weighted by Crippen LogP contribution is -2.36.